The molecule has 78 valence electrons. The maximum absolute atomic E-state index is 5.69. The molecule has 0 aromatic carbocycles. The molecule has 1 aromatic rings. The zero-order chi connectivity index (χ0) is 10.0. The standard InChI is InChI=1S/C12H20N2/c1-12(6-2-3-7-12)10-14-8-4-5-11(14)9-13/h4-5,8H,2-3,6-7,9-10,13H2,1H3. The van der Waals surface area contributed by atoms with Crippen molar-refractivity contribution in [1.82, 2.24) is 4.57 Å². The van der Waals surface area contributed by atoms with Crippen LogP contribution in [0.5, 0.6) is 0 Å². The summed E-state index contributed by atoms with van der Waals surface area (Å²) >= 11 is 0. The summed E-state index contributed by atoms with van der Waals surface area (Å²) in [6.45, 7) is 4.20. The van der Waals surface area contributed by atoms with E-state index < -0.39 is 0 Å². The number of nitrogens with zero attached hydrogens (tertiary/aromatic N) is 1. The van der Waals surface area contributed by atoms with Gasteiger partial charge in [-0.15, -0.1) is 0 Å². The number of hydrogen-bond acceptors (Lipinski definition) is 1. The van der Waals surface area contributed by atoms with E-state index in [0.29, 0.717) is 12.0 Å². The van der Waals surface area contributed by atoms with Crippen LogP contribution in [0.1, 0.15) is 38.3 Å². The molecule has 1 saturated carbocycles. The molecule has 1 aliphatic carbocycles. The number of aromatic nitrogens is 1. The van der Waals surface area contributed by atoms with Gasteiger partial charge in [0.1, 0.15) is 0 Å². The molecule has 0 radical (unpaired) electrons. The topological polar surface area (TPSA) is 30.9 Å². The first kappa shape index (κ1) is 9.78. The van der Waals surface area contributed by atoms with Crippen molar-refractivity contribution >= 4 is 0 Å². The predicted molar refractivity (Wildman–Crippen MR) is 58.9 cm³/mol. The maximum atomic E-state index is 5.69. The first-order chi connectivity index (χ1) is 6.73. The van der Waals surface area contributed by atoms with Crippen molar-refractivity contribution in [3.8, 4) is 0 Å². The van der Waals surface area contributed by atoms with Crippen LogP contribution in [-0.4, -0.2) is 4.57 Å². The van der Waals surface area contributed by atoms with Gasteiger partial charge in [0.05, 0.1) is 0 Å². The Morgan fingerprint density at radius 2 is 2.14 bits per heavy atom. The van der Waals surface area contributed by atoms with Crippen LogP contribution in [0.25, 0.3) is 0 Å². The molecule has 0 spiro atoms. The first-order valence-corrected chi connectivity index (χ1v) is 5.58. The highest BCUT2D eigenvalue weighted by molar-refractivity contribution is 5.07. The van der Waals surface area contributed by atoms with Gasteiger partial charge < -0.3 is 10.3 Å². The van der Waals surface area contributed by atoms with Crippen molar-refractivity contribution in [3.05, 3.63) is 24.0 Å². The summed E-state index contributed by atoms with van der Waals surface area (Å²) in [5.74, 6) is 0. The summed E-state index contributed by atoms with van der Waals surface area (Å²) in [5, 5.41) is 0. The second-order valence-electron chi connectivity index (χ2n) is 4.85. The monoisotopic (exact) mass is 192 g/mol. The third-order valence-electron chi connectivity index (χ3n) is 3.50. The van der Waals surface area contributed by atoms with Gasteiger partial charge in [0.15, 0.2) is 0 Å². The molecule has 0 atom stereocenters. The Hall–Kier alpha value is -0.760. The second kappa shape index (κ2) is 3.77. The summed E-state index contributed by atoms with van der Waals surface area (Å²) in [6.07, 6.45) is 7.70. The molecule has 0 amide bonds. The Morgan fingerprint density at radius 1 is 1.43 bits per heavy atom. The lowest BCUT2D eigenvalue weighted by Crippen LogP contribution is -2.21. The van der Waals surface area contributed by atoms with Crippen LogP contribution in [0.15, 0.2) is 18.3 Å². The van der Waals surface area contributed by atoms with E-state index in [1.807, 2.05) is 0 Å². The quantitative estimate of drug-likeness (QED) is 0.784. The van der Waals surface area contributed by atoms with Crippen LogP contribution >= 0.6 is 0 Å². The molecular formula is C12H20N2. The van der Waals surface area contributed by atoms with Gasteiger partial charge in [0.25, 0.3) is 0 Å². The third kappa shape index (κ3) is 1.85. The predicted octanol–water partition coefficient (Wildman–Crippen LogP) is 2.53. The van der Waals surface area contributed by atoms with Crippen LogP contribution in [0.4, 0.5) is 0 Å². The third-order valence-corrected chi connectivity index (χ3v) is 3.50. The van der Waals surface area contributed by atoms with Crippen molar-refractivity contribution in [3.63, 3.8) is 0 Å². The van der Waals surface area contributed by atoms with E-state index in [4.69, 9.17) is 5.73 Å². The van der Waals surface area contributed by atoms with Crippen molar-refractivity contribution in [2.45, 2.75) is 45.7 Å². The summed E-state index contributed by atoms with van der Waals surface area (Å²) in [6, 6.07) is 4.22. The van der Waals surface area contributed by atoms with Gasteiger partial charge >= 0.3 is 0 Å². The number of hydrogen-bond donors (Lipinski definition) is 1. The fraction of sp³-hybridized carbons (Fsp3) is 0.667. The Bertz CT molecular complexity index is 295. The van der Waals surface area contributed by atoms with Gasteiger partial charge in [-0.05, 0) is 30.4 Å². The molecule has 0 saturated heterocycles. The summed E-state index contributed by atoms with van der Waals surface area (Å²) in [5.41, 5.74) is 7.47. The second-order valence-corrected chi connectivity index (χ2v) is 4.85. The zero-order valence-corrected chi connectivity index (χ0v) is 9.00. The highest BCUT2D eigenvalue weighted by Gasteiger charge is 2.29. The zero-order valence-electron chi connectivity index (χ0n) is 9.00. The van der Waals surface area contributed by atoms with E-state index in [1.165, 1.54) is 31.4 Å². The van der Waals surface area contributed by atoms with E-state index in [2.05, 4.69) is 29.8 Å². The van der Waals surface area contributed by atoms with Crippen molar-refractivity contribution in [2.75, 3.05) is 0 Å². The first-order valence-electron chi connectivity index (χ1n) is 5.58. The molecule has 0 aliphatic heterocycles. The molecule has 2 N–H and O–H groups in total. The normalized spacial score (nSPS) is 20.1. The molecule has 1 fully saturated rings. The van der Waals surface area contributed by atoms with Gasteiger partial charge in [-0.1, -0.05) is 19.8 Å². The van der Waals surface area contributed by atoms with Gasteiger partial charge in [-0.2, -0.15) is 0 Å². The van der Waals surface area contributed by atoms with Crippen LogP contribution in [0, 0.1) is 5.41 Å². The molecule has 1 heterocycles. The lowest BCUT2D eigenvalue weighted by Gasteiger charge is -2.25. The van der Waals surface area contributed by atoms with Gasteiger partial charge in [0.2, 0.25) is 0 Å². The molecule has 0 unspecified atom stereocenters. The van der Waals surface area contributed by atoms with E-state index >= 15 is 0 Å². The number of nitrogens with two attached hydrogens (primary N) is 1. The number of rotatable bonds is 3. The Balaban J connectivity index is 2.09. The smallest absolute Gasteiger partial charge is 0.0334 e. The fourth-order valence-corrected chi connectivity index (χ4v) is 2.59. The minimum absolute atomic E-state index is 0.517. The lowest BCUT2D eigenvalue weighted by molar-refractivity contribution is 0.279. The van der Waals surface area contributed by atoms with Gasteiger partial charge in [-0.3, -0.25) is 0 Å². The molecule has 0 bridgehead atoms. The molecule has 2 rings (SSSR count). The summed E-state index contributed by atoms with van der Waals surface area (Å²) in [7, 11) is 0. The van der Waals surface area contributed by atoms with Crippen LogP contribution in [0.3, 0.4) is 0 Å². The SMILES string of the molecule is CC1(Cn2cccc2CN)CCCC1. The minimum atomic E-state index is 0.517. The molecule has 1 aromatic heterocycles. The highest BCUT2D eigenvalue weighted by atomic mass is 15.0. The summed E-state index contributed by atoms with van der Waals surface area (Å²) in [4.78, 5) is 0. The van der Waals surface area contributed by atoms with Crippen molar-refractivity contribution in [1.29, 1.82) is 0 Å². The van der Waals surface area contributed by atoms with E-state index in [-0.39, 0.29) is 0 Å². The average Bonchev–Trinajstić information content (AvgIpc) is 2.75. The van der Waals surface area contributed by atoms with Gasteiger partial charge in [0, 0.05) is 25.0 Å². The summed E-state index contributed by atoms with van der Waals surface area (Å²) < 4.78 is 2.32. The molecule has 2 heteroatoms. The van der Waals surface area contributed by atoms with Crippen LogP contribution < -0.4 is 5.73 Å². The Morgan fingerprint density at radius 3 is 2.79 bits per heavy atom. The van der Waals surface area contributed by atoms with Crippen molar-refractivity contribution < 1.29 is 0 Å². The molecule has 1 aliphatic rings. The van der Waals surface area contributed by atoms with Crippen LogP contribution in [0.2, 0.25) is 0 Å². The lowest BCUT2D eigenvalue weighted by atomic mass is 9.89. The van der Waals surface area contributed by atoms with E-state index in [1.54, 1.807) is 0 Å². The molecule has 2 nitrogen and oxygen atoms in total. The van der Waals surface area contributed by atoms with E-state index in [0.717, 1.165) is 6.54 Å². The Labute approximate surface area is 86.1 Å². The molecular weight excluding hydrogens is 172 g/mol. The maximum Gasteiger partial charge on any atom is 0.0334 e. The Kier molecular flexibility index (Phi) is 2.64. The van der Waals surface area contributed by atoms with Gasteiger partial charge in [-0.25, -0.2) is 0 Å². The van der Waals surface area contributed by atoms with Crippen LogP contribution in [-0.2, 0) is 13.1 Å². The van der Waals surface area contributed by atoms with E-state index in [9.17, 15) is 0 Å². The minimum Gasteiger partial charge on any atom is -0.350 e. The largest absolute Gasteiger partial charge is 0.350 e. The van der Waals surface area contributed by atoms with Crippen molar-refractivity contribution in [2.24, 2.45) is 11.1 Å². The fourth-order valence-electron chi connectivity index (χ4n) is 2.59. The highest BCUT2D eigenvalue weighted by Crippen LogP contribution is 2.39. The average molecular weight is 192 g/mol. The molecule has 14 heavy (non-hydrogen) atoms.